The molecule has 0 radical (unpaired) electrons. The summed E-state index contributed by atoms with van der Waals surface area (Å²) in [4.78, 5) is 17.8. The van der Waals surface area contributed by atoms with Crippen LogP contribution < -0.4 is 20.1 Å². The van der Waals surface area contributed by atoms with Crippen molar-refractivity contribution < 1.29 is 14.6 Å². The third-order valence-electron chi connectivity index (χ3n) is 5.79. The van der Waals surface area contributed by atoms with Crippen molar-refractivity contribution in [2.75, 3.05) is 43.5 Å². The molecule has 1 atom stereocenters. The van der Waals surface area contributed by atoms with Gasteiger partial charge in [0.05, 0.1) is 0 Å². The van der Waals surface area contributed by atoms with Gasteiger partial charge in [0.25, 0.3) is 0 Å². The van der Waals surface area contributed by atoms with E-state index in [9.17, 15) is 5.11 Å². The summed E-state index contributed by atoms with van der Waals surface area (Å²) in [5.41, 5.74) is 7.88. The van der Waals surface area contributed by atoms with Gasteiger partial charge in [0.1, 0.15) is 19.0 Å². The van der Waals surface area contributed by atoms with Crippen LogP contribution in [-0.2, 0) is 6.54 Å². The van der Waals surface area contributed by atoms with Crippen LogP contribution in [-0.4, -0.2) is 63.8 Å². The fourth-order valence-electron chi connectivity index (χ4n) is 4.13. The number of hydrogen-bond acceptors (Lipinski definition) is 9. The van der Waals surface area contributed by atoms with E-state index in [1.807, 2.05) is 12.1 Å². The minimum Gasteiger partial charge on any atom is -0.508 e. The monoisotopic (exact) mass is 434 g/mol. The Morgan fingerprint density at radius 3 is 2.69 bits per heavy atom. The Hall–Kier alpha value is -3.59. The van der Waals surface area contributed by atoms with Crippen LogP contribution in [0.15, 0.2) is 42.5 Å². The van der Waals surface area contributed by atoms with E-state index < -0.39 is 0 Å². The third-order valence-corrected chi connectivity index (χ3v) is 5.79. The zero-order chi connectivity index (χ0) is 22.1. The molecular weight excluding hydrogens is 408 g/mol. The molecule has 2 aliphatic heterocycles. The van der Waals surface area contributed by atoms with Gasteiger partial charge in [-0.15, -0.1) is 0 Å². The number of hydrogen-bond donors (Lipinski definition) is 2. The molecule has 9 nitrogen and oxygen atoms in total. The number of rotatable bonds is 4. The molecule has 0 aliphatic carbocycles. The van der Waals surface area contributed by atoms with Crippen LogP contribution in [0.4, 0.5) is 11.9 Å². The lowest BCUT2D eigenvalue weighted by molar-refractivity contribution is 0.168. The van der Waals surface area contributed by atoms with E-state index >= 15 is 0 Å². The maximum atomic E-state index is 9.78. The summed E-state index contributed by atoms with van der Waals surface area (Å²) >= 11 is 0. The minimum absolute atomic E-state index is 0.157. The smallest absolute Gasteiger partial charge is 0.230 e. The molecule has 2 aliphatic rings. The van der Waals surface area contributed by atoms with E-state index in [4.69, 9.17) is 15.2 Å². The van der Waals surface area contributed by atoms with Crippen molar-refractivity contribution in [3.05, 3.63) is 48.0 Å². The number of piperazine rings is 1. The van der Waals surface area contributed by atoms with Crippen molar-refractivity contribution in [3.63, 3.8) is 0 Å². The minimum atomic E-state index is 0.157. The number of nitrogen functional groups attached to an aromatic ring is 1. The number of phenolic OH excluding ortho intramolecular Hbond substituents is 1. The molecule has 1 fully saturated rings. The second kappa shape index (κ2) is 8.51. The van der Waals surface area contributed by atoms with Crippen molar-refractivity contribution in [3.8, 4) is 28.6 Å². The number of anilines is 2. The molecule has 1 saturated heterocycles. The lowest BCUT2D eigenvalue weighted by Gasteiger charge is -2.40. The van der Waals surface area contributed by atoms with Gasteiger partial charge in [-0.05, 0) is 36.8 Å². The van der Waals surface area contributed by atoms with Gasteiger partial charge in [-0.2, -0.15) is 15.0 Å². The second-order valence-corrected chi connectivity index (χ2v) is 8.11. The molecule has 2 aromatic carbocycles. The molecule has 5 rings (SSSR count). The van der Waals surface area contributed by atoms with Crippen LogP contribution in [0.3, 0.4) is 0 Å². The molecule has 3 N–H and O–H groups in total. The predicted octanol–water partition coefficient (Wildman–Crippen LogP) is 2.31. The van der Waals surface area contributed by atoms with E-state index in [-0.39, 0.29) is 11.7 Å². The van der Waals surface area contributed by atoms with Gasteiger partial charge in [0.2, 0.25) is 11.9 Å². The van der Waals surface area contributed by atoms with Crippen molar-refractivity contribution in [2.24, 2.45) is 0 Å². The molecule has 1 aromatic heterocycles. The Morgan fingerprint density at radius 1 is 1.03 bits per heavy atom. The van der Waals surface area contributed by atoms with Gasteiger partial charge >= 0.3 is 0 Å². The highest BCUT2D eigenvalue weighted by Gasteiger charge is 2.26. The predicted molar refractivity (Wildman–Crippen MR) is 121 cm³/mol. The van der Waals surface area contributed by atoms with E-state index in [1.165, 1.54) is 5.56 Å². The summed E-state index contributed by atoms with van der Waals surface area (Å²) in [7, 11) is 0. The largest absolute Gasteiger partial charge is 0.508 e. The van der Waals surface area contributed by atoms with Crippen LogP contribution in [0.1, 0.15) is 12.5 Å². The Kier molecular flexibility index (Phi) is 5.40. The first-order valence-corrected chi connectivity index (χ1v) is 10.7. The second-order valence-electron chi connectivity index (χ2n) is 8.11. The lowest BCUT2D eigenvalue weighted by Crippen LogP contribution is -2.52. The highest BCUT2D eigenvalue weighted by atomic mass is 16.6. The summed E-state index contributed by atoms with van der Waals surface area (Å²) in [6.07, 6.45) is 0. The zero-order valence-electron chi connectivity index (χ0n) is 17.9. The summed E-state index contributed by atoms with van der Waals surface area (Å²) in [5, 5.41) is 9.78. The quantitative estimate of drug-likeness (QED) is 0.639. The molecule has 0 saturated carbocycles. The molecule has 9 heteroatoms. The molecule has 166 valence electrons. The van der Waals surface area contributed by atoms with Crippen molar-refractivity contribution >= 4 is 11.9 Å². The summed E-state index contributed by atoms with van der Waals surface area (Å²) < 4.78 is 11.3. The molecule has 0 bridgehead atoms. The maximum absolute atomic E-state index is 9.78. The van der Waals surface area contributed by atoms with Crippen molar-refractivity contribution in [1.29, 1.82) is 0 Å². The third kappa shape index (κ3) is 4.24. The number of fused-ring (bicyclic) bond motifs is 1. The van der Waals surface area contributed by atoms with Crippen LogP contribution in [0.2, 0.25) is 0 Å². The van der Waals surface area contributed by atoms with E-state index in [1.54, 1.807) is 18.2 Å². The van der Waals surface area contributed by atoms with E-state index in [0.717, 1.165) is 37.7 Å². The van der Waals surface area contributed by atoms with Gasteiger partial charge in [-0.25, -0.2) is 0 Å². The van der Waals surface area contributed by atoms with Crippen LogP contribution >= 0.6 is 0 Å². The zero-order valence-corrected chi connectivity index (χ0v) is 17.9. The summed E-state index contributed by atoms with van der Waals surface area (Å²) in [6.45, 7) is 6.63. The SMILES string of the molecule is C[C@@H]1CN(c2nc(N)nc(-c3cccc(O)c3)n2)CCN1Cc1ccc2c(c1)OCCO2. The Labute approximate surface area is 186 Å². The first kappa shape index (κ1) is 20.3. The molecule has 32 heavy (non-hydrogen) atoms. The Morgan fingerprint density at radius 2 is 1.88 bits per heavy atom. The van der Waals surface area contributed by atoms with Crippen molar-refractivity contribution in [2.45, 2.75) is 19.5 Å². The van der Waals surface area contributed by atoms with Gasteiger partial charge in [-0.3, -0.25) is 4.90 Å². The van der Waals surface area contributed by atoms with Crippen LogP contribution in [0.25, 0.3) is 11.4 Å². The average Bonchev–Trinajstić information content (AvgIpc) is 2.80. The number of nitrogens with zero attached hydrogens (tertiary/aromatic N) is 5. The first-order valence-electron chi connectivity index (χ1n) is 10.7. The van der Waals surface area contributed by atoms with Gasteiger partial charge in [0.15, 0.2) is 17.3 Å². The normalized spacial score (nSPS) is 18.5. The van der Waals surface area contributed by atoms with E-state index in [2.05, 4.69) is 43.8 Å². The fraction of sp³-hybridized carbons (Fsp3) is 0.348. The lowest BCUT2D eigenvalue weighted by atomic mass is 10.1. The van der Waals surface area contributed by atoms with Crippen LogP contribution in [0.5, 0.6) is 17.2 Å². The molecule has 0 amide bonds. The Bertz CT molecular complexity index is 1120. The molecular formula is C23H26N6O3. The number of phenols is 1. The van der Waals surface area contributed by atoms with E-state index in [0.29, 0.717) is 36.6 Å². The molecule has 0 unspecified atom stereocenters. The summed E-state index contributed by atoms with van der Waals surface area (Å²) in [6, 6.07) is 13.3. The van der Waals surface area contributed by atoms with Gasteiger partial charge in [-0.1, -0.05) is 18.2 Å². The molecule has 0 spiro atoms. The van der Waals surface area contributed by atoms with Crippen molar-refractivity contribution in [1.82, 2.24) is 19.9 Å². The molecule has 3 aromatic rings. The Balaban J connectivity index is 1.29. The number of aromatic hydroxyl groups is 1. The van der Waals surface area contributed by atoms with Crippen LogP contribution in [0, 0.1) is 0 Å². The standard InChI is InChI=1S/C23H26N6O3/c1-15-13-29(23-26-21(25-22(24)27-23)17-3-2-4-18(30)12-17)8-7-28(15)14-16-5-6-19-20(11-16)32-10-9-31-19/h2-6,11-12,15,30H,7-10,13-14H2,1H3,(H2,24,25,26,27)/t15-/m1/s1. The maximum Gasteiger partial charge on any atom is 0.230 e. The topological polar surface area (TPSA) is 110 Å². The summed E-state index contributed by atoms with van der Waals surface area (Å²) in [5.74, 6) is 2.97. The highest BCUT2D eigenvalue weighted by molar-refractivity contribution is 5.60. The van der Waals surface area contributed by atoms with Gasteiger partial charge in [0, 0.05) is 37.8 Å². The molecule has 3 heterocycles. The average molecular weight is 435 g/mol. The fourth-order valence-corrected chi connectivity index (χ4v) is 4.13. The number of ether oxygens (including phenoxy) is 2. The highest BCUT2D eigenvalue weighted by Crippen LogP contribution is 2.31. The first-order chi connectivity index (χ1) is 15.5. The van der Waals surface area contributed by atoms with Gasteiger partial charge < -0.3 is 25.2 Å². The number of nitrogens with two attached hydrogens (primary N) is 1. The number of aromatic nitrogens is 3. The number of benzene rings is 2.